The van der Waals surface area contributed by atoms with Gasteiger partial charge in [0.15, 0.2) is 0 Å². The molecule has 2 aliphatic rings. The number of hydrogen-bond donors (Lipinski definition) is 0. The van der Waals surface area contributed by atoms with Crippen molar-refractivity contribution in [1.82, 2.24) is 0 Å². The Bertz CT molecular complexity index is 376. The zero-order chi connectivity index (χ0) is 18.1. The van der Waals surface area contributed by atoms with Crippen LogP contribution >= 0.6 is 0 Å². The summed E-state index contributed by atoms with van der Waals surface area (Å²) in [6.07, 6.45) is 18.8. The van der Waals surface area contributed by atoms with Gasteiger partial charge in [-0.15, -0.1) is 0 Å². The van der Waals surface area contributed by atoms with Gasteiger partial charge in [-0.05, 0) is 50.9 Å². The van der Waals surface area contributed by atoms with E-state index in [-0.39, 0.29) is 17.5 Å². The average Bonchev–Trinajstić information content (AvgIpc) is 2.63. The van der Waals surface area contributed by atoms with Crippen LogP contribution in [0.2, 0.25) is 0 Å². The molecule has 0 aromatic heterocycles. The van der Waals surface area contributed by atoms with Crippen molar-refractivity contribution in [2.24, 2.45) is 17.3 Å². The van der Waals surface area contributed by atoms with Crippen LogP contribution in [0, 0.1) is 17.3 Å². The molecule has 0 spiro atoms. The van der Waals surface area contributed by atoms with Gasteiger partial charge in [0.05, 0.1) is 11.5 Å². The summed E-state index contributed by atoms with van der Waals surface area (Å²) in [6, 6.07) is 0. The van der Waals surface area contributed by atoms with Crippen molar-refractivity contribution in [1.29, 1.82) is 0 Å². The molecule has 0 aromatic carbocycles. The van der Waals surface area contributed by atoms with Crippen molar-refractivity contribution >= 4 is 5.97 Å². The van der Waals surface area contributed by atoms with Crippen LogP contribution in [0.3, 0.4) is 0 Å². The lowest BCUT2D eigenvalue weighted by Gasteiger charge is -2.45. The van der Waals surface area contributed by atoms with Gasteiger partial charge in [0.2, 0.25) is 0 Å². The Hall–Kier alpha value is -0.530. The number of rotatable bonds is 9. The Labute approximate surface area is 156 Å². The lowest BCUT2D eigenvalue weighted by molar-refractivity contribution is -0.169. The molecule has 2 heteroatoms. The van der Waals surface area contributed by atoms with Crippen LogP contribution in [-0.4, -0.2) is 12.1 Å². The first kappa shape index (κ1) is 20.8. The van der Waals surface area contributed by atoms with Crippen LogP contribution < -0.4 is 0 Å². The molecule has 0 radical (unpaired) electrons. The quantitative estimate of drug-likeness (QED) is 0.329. The van der Waals surface area contributed by atoms with Crippen LogP contribution in [0.15, 0.2) is 0 Å². The Balaban J connectivity index is 1.94. The number of ether oxygens (including phenoxy) is 1. The summed E-state index contributed by atoms with van der Waals surface area (Å²) >= 11 is 0. The molecular weight excluding hydrogens is 308 g/mol. The monoisotopic (exact) mass is 350 g/mol. The standard InChI is InChI=1S/C23H42O2/c1-4-6-8-12-20-13-15-21(16-14-20)23(17-9-7-10-18-23)22(24)25-19(3)11-5-2/h19-21H,4-18H2,1-3H3/t19?,20-,21-. The van der Waals surface area contributed by atoms with Gasteiger partial charge in [0.1, 0.15) is 0 Å². The topological polar surface area (TPSA) is 26.3 Å². The highest BCUT2D eigenvalue weighted by molar-refractivity contribution is 5.77. The molecule has 0 bridgehead atoms. The van der Waals surface area contributed by atoms with Gasteiger partial charge >= 0.3 is 5.97 Å². The highest BCUT2D eigenvalue weighted by Crippen LogP contribution is 2.50. The molecule has 1 unspecified atom stereocenters. The van der Waals surface area contributed by atoms with E-state index in [1.807, 2.05) is 0 Å². The molecule has 0 N–H and O–H groups in total. The minimum absolute atomic E-state index is 0.0849. The second kappa shape index (κ2) is 10.6. The summed E-state index contributed by atoms with van der Waals surface area (Å²) in [7, 11) is 0. The number of unbranched alkanes of at least 4 members (excludes halogenated alkanes) is 2. The van der Waals surface area contributed by atoms with Crippen molar-refractivity contribution in [3.63, 3.8) is 0 Å². The van der Waals surface area contributed by atoms with Gasteiger partial charge in [-0.25, -0.2) is 0 Å². The van der Waals surface area contributed by atoms with E-state index in [2.05, 4.69) is 20.8 Å². The maximum absolute atomic E-state index is 13.2. The fourth-order valence-electron chi connectivity index (χ4n) is 5.41. The number of carbonyl (C=O) groups is 1. The predicted molar refractivity (Wildman–Crippen MR) is 106 cm³/mol. The minimum atomic E-state index is -0.144. The van der Waals surface area contributed by atoms with Gasteiger partial charge < -0.3 is 4.74 Å². The van der Waals surface area contributed by atoms with E-state index in [0.29, 0.717) is 5.92 Å². The molecular formula is C23H42O2. The largest absolute Gasteiger partial charge is 0.462 e. The van der Waals surface area contributed by atoms with Crippen LogP contribution in [0.1, 0.15) is 117 Å². The van der Waals surface area contributed by atoms with Crippen molar-refractivity contribution < 1.29 is 9.53 Å². The zero-order valence-electron chi connectivity index (χ0n) is 17.2. The number of hydrogen-bond acceptors (Lipinski definition) is 2. The van der Waals surface area contributed by atoms with Crippen molar-refractivity contribution in [2.45, 2.75) is 123 Å². The lowest BCUT2D eigenvalue weighted by Crippen LogP contribution is -2.44. The molecule has 146 valence electrons. The molecule has 0 saturated heterocycles. The summed E-state index contributed by atoms with van der Waals surface area (Å²) in [5, 5.41) is 0. The first-order chi connectivity index (χ1) is 12.1. The molecule has 25 heavy (non-hydrogen) atoms. The van der Waals surface area contributed by atoms with Crippen molar-refractivity contribution in [3.8, 4) is 0 Å². The SMILES string of the molecule is CCCCC[C@H]1CC[C@H](C2(C(=O)OC(C)CCC)CCCCC2)CC1. The molecule has 2 nitrogen and oxygen atoms in total. The van der Waals surface area contributed by atoms with Crippen LogP contribution in [0.25, 0.3) is 0 Å². The molecule has 2 rings (SSSR count). The Kier molecular flexibility index (Phi) is 8.79. The molecule has 2 fully saturated rings. The molecule has 0 aliphatic heterocycles. The average molecular weight is 351 g/mol. The van der Waals surface area contributed by atoms with Gasteiger partial charge in [0.25, 0.3) is 0 Å². The minimum Gasteiger partial charge on any atom is -0.462 e. The molecule has 1 atom stereocenters. The van der Waals surface area contributed by atoms with E-state index in [9.17, 15) is 4.79 Å². The smallest absolute Gasteiger partial charge is 0.312 e. The summed E-state index contributed by atoms with van der Waals surface area (Å²) < 4.78 is 5.95. The van der Waals surface area contributed by atoms with E-state index < -0.39 is 0 Å². The van der Waals surface area contributed by atoms with Gasteiger partial charge in [-0.1, -0.05) is 78.1 Å². The Morgan fingerprint density at radius 2 is 1.68 bits per heavy atom. The van der Waals surface area contributed by atoms with Crippen LogP contribution in [-0.2, 0) is 9.53 Å². The third kappa shape index (κ3) is 5.73. The molecule has 2 aliphatic carbocycles. The maximum atomic E-state index is 13.2. The van der Waals surface area contributed by atoms with Crippen LogP contribution in [0.4, 0.5) is 0 Å². The Morgan fingerprint density at radius 1 is 1.00 bits per heavy atom. The van der Waals surface area contributed by atoms with E-state index >= 15 is 0 Å². The van der Waals surface area contributed by atoms with Crippen LogP contribution in [0.5, 0.6) is 0 Å². The highest BCUT2D eigenvalue weighted by atomic mass is 16.5. The molecule has 0 heterocycles. The van der Waals surface area contributed by atoms with E-state index in [1.165, 1.54) is 70.6 Å². The number of esters is 1. The summed E-state index contributed by atoms with van der Waals surface area (Å²) in [6.45, 7) is 6.53. The van der Waals surface area contributed by atoms with E-state index in [1.54, 1.807) is 0 Å². The normalized spacial score (nSPS) is 27.6. The third-order valence-electron chi connectivity index (χ3n) is 7.00. The van der Waals surface area contributed by atoms with Crippen molar-refractivity contribution in [2.75, 3.05) is 0 Å². The maximum Gasteiger partial charge on any atom is 0.312 e. The van der Waals surface area contributed by atoms with Gasteiger partial charge in [-0.2, -0.15) is 0 Å². The Morgan fingerprint density at radius 3 is 2.28 bits per heavy atom. The zero-order valence-corrected chi connectivity index (χ0v) is 17.2. The first-order valence-electron chi connectivity index (χ1n) is 11.3. The lowest BCUT2D eigenvalue weighted by atomic mass is 9.60. The summed E-state index contributed by atoms with van der Waals surface area (Å²) in [4.78, 5) is 13.2. The van der Waals surface area contributed by atoms with E-state index in [0.717, 1.165) is 31.6 Å². The van der Waals surface area contributed by atoms with E-state index in [4.69, 9.17) is 4.74 Å². The number of carbonyl (C=O) groups excluding carboxylic acids is 1. The molecule has 0 amide bonds. The van der Waals surface area contributed by atoms with Gasteiger partial charge in [0, 0.05) is 0 Å². The third-order valence-corrected chi connectivity index (χ3v) is 7.00. The first-order valence-corrected chi connectivity index (χ1v) is 11.3. The highest BCUT2D eigenvalue weighted by Gasteiger charge is 2.48. The summed E-state index contributed by atoms with van der Waals surface area (Å²) in [5.74, 6) is 1.65. The van der Waals surface area contributed by atoms with Crippen molar-refractivity contribution in [3.05, 3.63) is 0 Å². The predicted octanol–water partition coefficient (Wildman–Crippen LogP) is 7.06. The molecule has 0 aromatic rings. The fourth-order valence-corrected chi connectivity index (χ4v) is 5.41. The second-order valence-corrected chi connectivity index (χ2v) is 8.93. The fraction of sp³-hybridized carbons (Fsp3) is 0.957. The summed E-state index contributed by atoms with van der Waals surface area (Å²) in [5.41, 5.74) is -0.144. The second-order valence-electron chi connectivity index (χ2n) is 8.93. The molecule has 2 saturated carbocycles. The van der Waals surface area contributed by atoms with Gasteiger partial charge in [-0.3, -0.25) is 4.79 Å².